The number of nitrogens with zero attached hydrogens (tertiary/aromatic N) is 5. The highest BCUT2D eigenvalue weighted by atomic mass is 32.1. The number of H-pyrrole nitrogens is 1. The fourth-order valence-corrected chi connectivity index (χ4v) is 7.70. The fraction of sp³-hybridized carbons (Fsp3) is 0.323. The number of aromatic amines is 1. The molecule has 0 radical (unpaired) electrons. The van der Waals surface area contributed by atoms with Crippen molar-refractivity contribution in [3.63, 3.8) is 0 Å². The van der Waals surface area contributed by atoms with E-state index in [1.165, 1.54) is 17.1 Å². The van der Waals surface area contributed by atoms with Gasteiger partial charge in [0.1, 0.15) is 18.8 Å². The molecule has 3 atom stereocenters. The number of benzene rings is 2. The Morgan fingerprint density at radius 3 is 2.80 bits per heavy atom. The topological polar surface area (TPSA) is 75.8 Å². The van der Waals surface area contributed by atoms with Crippen molar-refractivity contribution in [1.29, 1.82) is 0 Å². The van der Waals surface area contributed by atoms with Gasteiger partial charge in [0.15, 0.2) is 0 Å². The second kappa shape index (κ2) is 9.31. The molecule has 9 heteroatoms. The van der Waals surface area contributed by atoms with Crippen molar-refractivity contribution in [2.45, 2.75) is 37.6 Å². The smallest absolute Gasteiger partial charge is 0.246 e. The quantitative estimate of drug-likeness (QED) is 0.421. The summed E-state index contributed by atoms with van der Waals surface area (Å²) < 4.78 is 5.50. The number of hydrogen-bond acceptors (Lipinski definition) is 6. The van der Waals surface area contributed by atoms with Crippen molar-refractivity contribution in [1.82, 2.24) is 29.0 Å². The zero-order valence-electron chi connectivity index (χ0n) is 22.1. The normalized spacial score (nSPS) is 24.5. The van der Waals surface area contributed by atoms with Crippen molar-refractivity contribution in [2.75, 3.05) is 26.2 Å². The SMILES string of the molecule is O=C1[C@H]2Cc3c([nH]c4ccccc34)[C@@H](N3C=c4cnsc4=CC3)N2C(=O)CN1[C@@H]1CCN(Cc2ccccc2)C1. The number of fused-ring (bicyclic) bond motifs is 5. The van der Waals surface area contributed by atoms with Gasteiger partial charge in [-0.3, -0.25) is 14.5 Å². The molecule has 4 aromatic rings. The first-order valence-corrected chi connectivity index (χ1v) is 14.8. The molecule has 0 aliphatic carbocycles. The lowest BCUT2D eigenvalue weighted by atomic mass is 9.90. The lowest BCUT2D eigenvalue weighted by Gasteiger charge is -2.50. The Balaban J connectivity index is 1.13. The summed E-state index contributed by atoms with van der Waals surface area (Å²) in [5.74, 6) is 0.0917. The fourth-order valence-electron chi connectivity index (χ4n) is 7.06. The minimum absolute atomic E-state index is 0.0167. The van der Waals surface area contributed by atoms with Crippen LogP contribution in [0.1, 0.15) is 29.4 Å². The summed E-state index contributed by atoms with van der Waals surface area (Å²) in [6.07, 6.45) is 7.19. The van der Waals surface area contributed by atoms with Crippen LogP contribution in [-0.2, 0) is 22.6 Å². The lowest BCUT2D eigenvalue weighted by molar-refractivity contribution is -0.165. The monoisotopic (exact) mass is 550 g/mol. The van der Waals surface area contributed by atoms with Gasteiger partial charge in [-0.05, 0) is 41.2 Å². The number of carbonyl (C=O) groups excluding carboxylic acids is 2. The maximum absolute atomic E-state index is 14.3. The predicted molar refractivity (Wildman–Crippen MR) is 154 cm³/mol. The van der Waals surface area contributed by atoms with Crippen LogP contribution >= 0.6 is 11.5 Å². The number of para-hydroxylation sites is 1. The Morgan fingerprint density at radius 2 is 1.90 bits per heavy atom. The van der Waals surface area contributed by atoms with Crippen molar-refractivity contribution < 1.29 is 9.59 Å². The predicted octanol–water partition coefficient (Wildman–Crippen LogP) is 2.03. The van der Waals surface area contributed by atoms with Gasteiger partial charge in [0.25, 0.3) is 0 Å². The van der Waals surface area contributed by atoms with Crippen LogP contribution in [-0.4, -0.2) is 79.0 Å². The van der Waals surface area contributed by atoms with Gasteiger partial charge < -0.3 is 19.7 Å². The number of aromatic nitrogens is 2. The molecular weight excluding hydrogens is 520 g/mol. The van der Waals surface area contributed by atoms with E-state index in [-0.39, 0.29) is 30.6 Å². The van der Waals surface area contributed by atoms with Gasteiger partial charge in [0.2, 0.25) is 11.8 Å². The molecule has 0 saturated carbocycles. The van der Waals surface area contributed by atoms with Crippen LogP contribution < -0.4 is 9.75 Å². The molecule has 2 amide bonds. The number of hydrogen-bond donors (Lipinski definition) is 1. The minimum Gasteiger partial charge on any atom is -0.355 e. The van der Waals surface area contributed by atoms with Gasteiger partial charge in [0.05, 0.1) is 10.2 Å². The van der Waals surface area contributed by atoms with Gasteiger partial charge in [-0.1, -0.05) is 48.5 Å². The Hall–Kier alpha value is -3.95. The zero-order chi connectivity index (χ0) is 26.8. The zero-order valence-corrected chi connectivity index (χ0v) is 22.9. The van der Waals surface area contributed by atoms with E-state index in [1.54, 1.807) is 0 Å². The molecule has 8 nitrogen and oxygen atoms in total. The molecule has 2 saturated heterocycles. The van der Waals surface area contributed by atoms with E-state index in [0.29, 0.717) is 13.0 Å². The Morgan fingerprint density at radius 1 is 1.05 bits per heavy atom. The third kappa shape index (κ3) is 3.79. The number of piperazine rings is 1. The lowest BCUT2D eigenvalue weighted by Crippen LogP contribution is -2.66. The highest BCUT2D eigenvalue weighted by molar-refractivity contribution is 7.03. The number of amides is 2. The van der Waals surface area contributed by atoms with E-state index in [2.05, 4.69) is 67.8 Å². The molecule has 2 aromatic heterocycles. The van der Waals surface area contributed by atoms with E-state index in [0.717, 1.165) is 58.0 Å². The molecule has 2 aromatic carbocycles. The highest BCUT2D eigenvalue weighted by Gasteiger charge is 2.51. The largest absolute Gasteiger partial charge is 0.355 e. The molecule has 0 unspecified atom stereocenters. The summed E-state index contributed by atoms with van der Waals surface area (Å²) in [5, 5.41) is 2.19. The van der Waals surface area contributed by atoms with Crippen molar-refractivity contribution in [3.05, 3.63) is 87.4 Å². The van der Waals surface area contributed by atoms with E-state index in [9.17, 15) is 9.59 Å². The summed E-state index contributed by atoms with van der Waals surface area (Å²) in [6.45, 7) is 3.38. The number of rotatable bonds is 4. The summed E-state index contributed by atoms with van der Waals surface area (Å²) >= 11 is 1.49. The van der Waals surface area contributed by atoms with Gasteiger partial charge in [-0.15, -0.1) is 0 Å². The maximum atomic E-state index is 14.3. The Labute approximate surface area is 236 Å². The molecule has 2 fully saturated rings. The summed E-state index contributed by atoms with van der Waals surface area (Å²) in [7, 11) is 0. The minimum atomic E-state index is -0.517. The molecule has 202 valence electrons. The molecule has 6 heterocycles. The highest BCUT2D eigenvalue weighted by Crippen LogP contribution is 2.42. The molecule has 40 heavy (non-hydrogen) atoms. The Bertz CT molecular complexity index is 1750. The number of likely N-dealkylation sites (tertiary alicyclic amines) is 1. The van der Waals surface area contributed by atoms with Crippen LogP contribution in [0.2, 0.25) is 0 Å². The molecular formula is C31H30N6O2S. The standard InChI is InChI=1S/C31H30N6O2S/c38-28-19-36(22-10-12-34(18-22)16-20-6-2-1-3-7-20)31(39)26-14-24-23-8-4-5-9-25(23)33-29(24)30(37(26)28)35-13-11-27-21(17-35)15-32-40-27/h1-9,11,15,17,22,26,30,33H,10,12-14,16,18-19H2/t22-,26-,30+/m1/s1. The van der Waals surface area contributed by atoms with Gasteiger partial charge >= 0.3 is 0 Å². The van der Waals surface area contributed by atoms with E-state index < -0.39 is 6.04 Å². The molecule has 0 spiro atoms. The van der Waals surface area contributed by atoms with Crippen LogP contribution in [0.25, 0.3) is 23.2 Å². The molecule has 1 N–H and O–H groups in total. The first-order chi connectivity index (χ1) is 19.6. The van der Waals surface area contributed by atoms with Crippen molar-refractivity contribution in [2.24, 2.45) is 0 Å². The maximum Gasteiger partial charge on any atom is 0.246 e. The first kappa shape index (κ1) is 23.9. The van der Waals surface area contributed by atoms with Crippen LogP contribution in [0.5, 0.6) is 0 Å². The third-order valence-corrected chi connectivity index (χ3v) is 9.74. The summed E-state index contributed by atoms with van der Waals surface area (Å²) in [6, 6.07) is 18.3. The van der Waals surface area contributed by atoms with Crippen LogP contribution in [0, 0.1) is 0 Å². The summed E-state index contributed by atoms with van der Waals surface area (Å²) in [4.78, 5) is 40.3. The van der Waals surface area contributed by atoms with E-state index >= 15 is 0 Å². The average Bonchev–Trinajstić information content (AvgIpc) is 3.72. The number of carbonyl (C=O) groups is 2. The van der Waals surface area contributed by atoms with Gasteiger partial charge in [-0.25, -0.2) is 0 Å². The summed E-state index contributed by atoms with van der Waals surface area (Å²) in [5.41, 5.74) is 4.47. The van der Waals surface area contributed by atoms with E-state index in [1.807, 2.05) is 34.2 Å². The van der Waals surface area contributed by atoms with Crippen LogP contribution in [0.3, 0.4) is 0 Å². The van der Waals surface area contributed by atoms with Crippen molar-refractivity contribution >= 4 is 46.5 Å². The molecule has 8 rings (SSSR count). The van der Waals surface area contributed by atoms with Gasteiger partial charge in [0, 0.05) is 67.2 Å². The second-order valence-electron chi connectivity index (χ2n) is 11.3. The van der Waals surface area contributed by atoms with Crippen molar-refractivity contribution in [3.8, 4) is 0 Å². The average molecular weight is 551 g/mol. The Kier molecular flexibility index (Phi) is 5.56. The van der Waals surface area contributed by atoms with Crippen LogP contribution in [0.4, 0.5) is 0 Å². The molecule has 4 aliphatic heterocycles. The van der Waals surface area contributed by atoms with E-state index in [4.69, 9.17) is 0 Å². The third-order valence-electron chi connectivity index (χ3n) is 8.93. The first-order valence-electron chi connectivity index (χ1n) is 14.0. The van der Waals surface area contributed by atoms with Crippen LogP contribution in [0.15, 0.2) is 60.8 Å². The van der Waals surface area contributed by atoms with Gasteiger partial charge in [-0.2, -0.15) is 4.37 Å². The molecule has 0 bridgehead atoms. The second-order valence-corrected chi connectivity index (χ2v) is 12.1. The molecule has 4 aliphatic rings. The number of nitrogens with one attached hydrogen (secondary N) is 1.